The molecule has 0 fully saturated rings. The van der Waals surface area contributed by atoms with Gasteiger partial charge in [-0.1, -0.05) is 6.92 Å². The van der Waals surface area contributed by atoms with Crippen LogP contribution in [-0.4, -0.2) is 71.6 Å². The maximum atomic E-state index is 12.0. The Balaban J connectivity index is 6.42. The molecule has 12 N–H and O–H groups in total. The van der Waals surface area contributed by atoms with Gasteiger partial charge >= 0.3 is 42.6 Å². The lowest BCUT2D eigenvalue weighted by atomic mass is 9.98. The quantitative estimate of drug-likeness (QED) is 0.139. The van der Waals surface area contributed by atoms with Gasteiger partial charge in [0.1, 0.15) is 0 Å². The molecule has 0 saturated carbocycles. The minimum Gasteiger partial charge on any atom is -0.465 e. The topological polar surface area (TPSA) is 329 Å². The minimum absolute atomic E-state index is 0.540. The largest absolute Gasteiger partial charge is 0.465 e. The summed E-state index contributed by atoms with van der Waals surface area (Å²) < 4.78 is 47.6. The van der Waals surface area contributed by atoms with Gasteiger partial charge in [-0.2, -0.15) is 0 Å². The van der Waals surface area contributed by atoms with Crippen molar-refractivity contribution in [2.24, 2.45) is 5.92 Å². The molecule has 0 radical (unpaired) electrons. The van der Waals surface area contributed by atoms with Crippen LogP contribution < -0.4 is 10.6 Å². The molecule has 1 atom stereocenters. The molecule has 32 heavy (non-hydrogen) atoms. The molecule has 1 unspecified atom stereocenters. The molecule has 0 aromatic heterocycles. The Hall–Kier alpha value is -0.860. The predicted molar refractivity (Wildman–Crippen MR) is 104 cm³/mol. The van der Waals surface area contributed by atoms with Crippen LogP contribution in [0.5, 0.6) is 0 Å². The van der Waals surface area contributed by atoms with Crippen molar-refractivity contribution in [3.05, 3.63) is 0 Å². The van der Waals surface area contributed by atoms with Crippen molar-refractivity contribution in [2.75, 3.05) is 0 Å². The lowest BCUT2D eigenvalue weighted by Crippen LogP contribution is -2.53. The monoisotopic (exact) mass is 552 g/mol. The van der Waals surface area contributed by atoms with Crippen molar-refractivity contribution in [2.45, 2.75) is 42.6 Å². The summed E-state index contributed by atoms with van der Waals surface area (Å²) in [5, 5.41) is 12.5. The molecule has 18 nitrogen and oxygen atoms in total. The fraction of sp³-hybridized carbons (Fsp3) is 0.800. The van der Waals surface area contributed by atoms with Gasteiger partial charge in [0, 0.05) is 5.92 Å². The van der Waals surface area contributed by atoms with Crippen molar-refractivity contribution in [1.82, 2.24) is 10.6 Å². The van der Waals surface area contributed by atoms with Gasteiger partial charge in [-0.25, -0.2) is 9.59 Å². The molecule has 0 heterocycles. The highest BCUT2D eigenvalue weighted by Crippen LogP contribution is 2.72. The molecule has 0 aliphatic carbocycles. The van der Waals surface area contributed by atoms with Gasteiger partial charge < -0.3 is 49.4 Å². The van der Waals surface area contributed by atoms with Gasteiger partial charge in [-0.05, 0) is 25.7 Å². The van der Waals surface area contributed by atoms with Crippen LogP contribution in [0.25, 0.3) is 0 Å². The van der Waals surface area contributed by atoms with E-state index < -0.39 is 84.2 Å². The van der Waals surface area contributed by atoms with Crippen molar-refractivity contribution < 1.29 is 77.2 Å². The third kappa shape index (κ3) is 6.38. The smallest absolute Gasteiger partial charge is 0.406 e. The van der Waals surface area contributed by atoms with E-state index >= 15 is 0 Å². The van der Waals surface area contributed by atoms with E-state index in [1.54, 1.807) is 0 Å². The highest BCUT2D eigenvalue weighted by Gasteiger charge is 2.66. The molecule has 0 aromatic carbocycles. The summed E-state index contributed by atoms with van der Waals surface area (Å²) in [4.78, 5) is 98.1. The first-order valence-electron chi connectivity index (χ1n) is 8.25. The zero-order chi connectivity index (χ0) is 26.0. The molecule has 0 aromatic rings. The second kappa shape index (κ2) is 10.2. The minimum atomic E-state index is -6.00. The van der Waals surface area contributed by atoms with Gasteiger partial charge in [0.05, 0.1) is 0 Å². The predicted octanol–water partition coefficient (Wildman–Crippen LogP) is -0.264. The van der Waals surface area contributed by atoms with Crippen molar-refractivity contribution in [3.8, 4) is 0 Å². The fourth-order valence-corrected chi connectivity index (χ4v) is 9.33. The maximum absolute atomic E-state index is 12.0. The second-order valence-corrected chi connectivity index (χ2v) is 14.6. The standard InChI is InChI=1S/C10H24N2O16P4/c1-2-6(10(12-8(15)16,31(23,24)25)32(26,27)28)4-3-5-9(11-7(13)14,29(17,18)19)30(20,21)22/h6,11-12H,2-5H2,1H3,(H,13,14)(H,15,16)(H2,17,18,19)(H2,20,21,22)(H2,23,24,25)(H2,26,27,28). The summed E-state index contributed by atoms with van der Waals surface area (Å²) >= 11 is 0. The number of hydrogen-bond donors (Lipinski definition) is 12. The van der Waals surface area contributed by atoms with Crippen LogP contribution in [0.3, 0.4) is 0 Å². The van der Waals surface area contributed by atoms with Gasteiger partial charge in [0.15, 0.2) is 0 Å². The van der Waals surface area contributed by atoms with E-state index in [1.807, 2.05) is 0 Å². The molecule has 0 rings (SSSR count). The Morgan fingerprint density at radius 1 is 0.750 bits per heavy atom. The molecule has 0 aliphatic rings. The highest BCUT2D eigenvalue weighted by molar-refractivity contribution is 7.73. The SMILES string of the molecule is CCC(CCCC(NC(=O)O)(P(=O)(O)O)P(=O)(O)O)C(NC(=O)O)(P(=O)(O)O)P(=O)(O)O. The third-order valence-corrected chi connectivity index (χ3v) is 13.0. The summed E-state index contributed by atoms with van der Waals surface area (Å²) in [6.45, 7) is 1.13. The lowest BCUT2D eigenvalue weighted by molar-refractivity contribution is 0.169. The summed E-state index contributed by atoms with van der Waals surface area (Å²) in [5.74, 6) is -1.93. The summed E-state index contributed by atoms with van der Waals surface area (Å²) in [6.07, 6.45) is -8.11. The Labute approximate surface area is 179 Å². The third-order valence-electron chi connectivity index (χ3n) is 4.59. The number of carboxylic acid groups (broad SMARTS) is 2. The number of rotatable bonds is 12. The van der Waals surface area contributed by atoms with Crippen LogP contribution in [0.4, 0.5) is 9.59 Å². The molecule has 0 spiro atoms. The van der Waals surface area contributed by atoms with Gasteiger partial charge in [-0.15, -0.1) is 0 Å². The van der Waals surface area contributed by atoms with Crippen LogP contribution in [0, 0.1) is 5.92 Å². The Morgan fingerprint density at radius 3 is 1.38 bits per heavy atom. The highest BCUT2D eigenvalue weighted by atomic mass is 31.2. The summed E-state index contributed by atoms with van der Waals surface area (Å²) in [7, 11) is -23.9. The first kappa shape index (κ1) is 31.1. The Kier molecular flexibility index (Phi) is 9.91. The Bertz CT molecular complexity index is 852. The van der Waals surface area contributed by atoms with Gasteiger partial charge in [-0.3, -0.25) is 28.9 Å². The molecule has 22 heteroatoms. The van der Waals surface area contributed by atoms with Crippen LogP contribution in [0.15, 0.2) is 0 Å². The number of hydrogen-bond acceptors (Lipinski definition) is 6. The van der Waals surface area contributed by atoms with E-state index in [-0.39, 0.29) is 0 Å². The Morgan fingerprint density at radius 2 is 1.12 bits per heavy atom. The zero-order valence-electron chi connectivity index (χ0n) is 16.1. The lowest BCUT2D eigenvalue weighted by Gasteiger charge is -2.40. The normalized spacial score (nSPS) is 15.2. The summed E-state index contributed by atoms with van der Waals surface area (Å²) in [5.41, 5.74) is 0. The molecule has 0 saturated heterocycles. The van der Waals surface area contributed by atoms with Crippen molar-refractivity contribution in [3.63, 3.8) is 0 Å². The first-order valence-corrected chi connectivity index (χ1v) is 14.7. The maximum Gasteiger partial charge on any atom is 0.406 e. The molecule has 0 bridgehead atoms. The van der Waals surface area contributed by atoms with E-state index in [1.165, 1.54) is 0 Å². The summed E-state index contributed by atoms with van der Waals surface area (Å²) in [6, 6.07) is 0. The first-order chi connectivity index (χ1) is 14.0. The van der Waals surface area contributed by atoms with Crippen LogP contribution in [0.1, 0.15) is 32.6 Å². The molecular weight excluding hydrogens is 528 g/mol. The van der Waals surface area contributed by atoms with E-state index in [4.69, 9.17) is 10.2 Å². The number of nitrogens with one attached hydrogen (secondary N) is 2. The number of amides is 2. The average molecular weight is 552 g/mol. The van der Waals surface area contributed by atoms with Crippen molar-refractivity contribution in [1.29, 1.82) is 0 Å². The molecule has 2 amide bonds. The number of carbonyl (C=O) groups is 2. The van der Waals surface area contributed by atoms with Crippen LogP contribution in [-0.2, 0) is 18.3 Å². The van der Waals surface area contributed by atoms with Crippen LogP contribution >= 0.6 is 30.4 Å². The molecular formula is C10H24N2O16P4. The second-order valence-electron chi connectivity index (χ2n) is 6.58. The van der Waals surface area contributed by atoms with Gasteiger partial charge in [0.2, 0.25) is 10.0 Å². The van der Waals surface area contributed by atoms with E-state index in [9.17, 15) is 67.0 Å². The zero-order valence-corrected chi connectivity index (χ0v) is 19.7. The van der Waals surface area contributed by atoms with E-state index in [0.29, 0.717) is 0 Å². The van der Waals surface area contributed by atoms with Crippen LogP contribution in [0.2, 0.25) is 0 Å². The van der Waals surface area contributed by atoms with Gasteiger partial charge in [0.25, 0.3) is 0 Å². The molecule has 0 aliphatic heterocycles. The fourth-order valence-electron chi connectivity index (χ4n) is 3.18. The molecule has 190 valence electrons. The average Bonchev–Trinajstić information content (AvgIpc) is 2.50. The van der Waals surface area contributed by atoms with E-state index in [0.717, 1.165) is 17.6 Å². The van der Waals surface area contributed by atoms with E-state index in [2.05, 4.69) is 0 Å². The van der Waals surface area contributed by atoms with Crippen molar-refractivity contribution >= 4 is 42.6 Å².